The van der Waals surface area contributed by atoms with E-state index < -0.39 is 34.9 Å². The van der Waals surface area contributed by atoms with Gasteiger partial charge in [0.2, 0.25) is 11.8 Å². The van der Waals surface area contributed by atoms with Crippen molar-refractivity contribution < 1.29 is 37.1 Å². The third kappa shape index (κ3) is 8.80. The van der Waals surface area contributed by atoms with Crippen LogP contribution in [0.3, 0.4) is 0 Å². The van der Waals surface area contributed by atoms with E-state index in [1.54, 1.807) is 31.6 Å². The average molecular weight is 865 g/mol. The maximum Gasteiger partial charge on any atom is 0.419 e. The molecule has 1 aliphatic carbocycles. The van der Waals surface area contributed by atoms with E-state index in [4.69, 9.17) is 17.0 Å². The van der Waals surface area contributed by atoms with E-state index in [1.165, 1.54) is 11.0 Å². The number of aryl methyl sites for hydroxylation is 1. The summed E-state index contributed by atoms with van der Waals surface area (Å²) in [6.07, 6.45) is 3.41. The normalized spacial score (nSPS) is 25.0. The van der Waals surface area contributed by atoms with Gasteiger partial charge in [-0.1, -0.05) is 6.07 Å². The Bertz CT molecular complexity index is 2260. The lowest BCUT2D eigenvalue weighted by Crippen LogP contribution is -2.51. The van der Waals surface area contributed by atoms with E-state index in [-0.39, 0.29) is 66.4 Å². The second-order valence-corrected chi connectivity index (χ2v) is 17.5. The first-order valence-corrected chi connectivity index (χ1v) is 21.2. The number of rotatable bonds is 11. The summed E-state index contributed by atoms with van der Waals surface area (Å²) in [5.41, 5.74) is -1.89. The van der Waals surface area contributed by atoms with E-state index >= 15 is 0 Å². The number of alkyl halides is 3. The highest BCUT2D eigenvalue weighted by Gasteiger charge is 2.53. The molecule has 19 heteroatoms. The largest absolute Gasteiger partial charge is 0.419 e. The summed E-state index contributed by atoms with van der Waals surface area (Å²) in [4.78, 5) is 61.6. The number of nitrogens with zero attached hydrogens (tertiary/aromatic N) is 8. The number of likely N-dealkylation sites (tertiary alicyclic amines) is 1. The molecule has 2 aromatic heterocycles. The SMILES string of the molecule is C[C@@H]1C[C@H](OCCC[C@H]2CC[C@H](N3C(=S)N(c4cnc(C#N)c(C(F)(F)F)c4)C(=O)C3(C)C)CC2)C[C@H](C)N1CC(=O)Nc1cccc2c(N3CCC(=O)NC3=O)nn(C)c12. The van der Waals surface area contributed by atoms with Gasteiger partial charge in [0.1, 0.15) is 11.6 Å². The van der Waals surface area contributed by atoms with Gasteiger partial charge in [0.15, 0.2) is 16.6 Å². The maximum atomic E-state index is 13.7. The van der Waals surface area contributed by atoms with Gasteiger partial charge in [0.05, 0.1) is 41.3 Å². The highest BCUT2D eigenvalue weighted by atomic mass is 32.1. The lowest BCUT2D eigenvalue weighted by Gasteiger charge is -2.42. The molecule has 1 saturated carbocycles. The number of hydrogen-bond acceptors (Lipinski definition) is 10. The van der Waals surface area contributed by atoms with Crippen LogP contribution >= 0.6 is 12.2 Å². The molecule has 0 bridgehead atoms. The predicted molar refractivity (Wildman–Crippen MR) is 224 cm³/mol. The van der Waals surface area contributed by atoms with E-state index in [1.807, 2.05) is 17.0 Å². The van der Waals surface area contributed by atoms with Crippen molar-refractivity contribution in [2.45, 2.75) is 121 Å². The van der Waals surface area contributed by atoms with Crippen LogP contribution in [0.2, 0.25) is 0 Å². The van der Waals surface area contributed by atoms with Gasteiger partial charge in [0.25, 0.3) is 5.91 Å². The zero-order valence-electron chi connectivity index (χ0n) is 34.9. The Kier molecular flexibility index (Phi) is 12.4. The lowest BCUT2D eigenvalue weighted by molar-refractivity contribution is -0.138. The van der Waals surface area contributed by atoms with Crippen molar-refractivity contribution in [1.29, 1.82) is 5.26 Å². The van der Waals surface area contributed by atoms with Crippen LogP contribution in [-0.4, -0.2) is 103 Å². The molecule has 5 heterocycles. The number of nitriles is 1. The van der Waals surface area contributed by atoms with Gasteiger partial charge >= 0.3 is 12.2 Å². The number of fused-ring (bicyclic) bond motifs is 1. The Hall–Kier alpha value is -5.19. The molecule has 15 nitrogen and oxygen atoms in total. The summed E-state index contributed by atoms with van der Waals surface area (Å²) in [6, 6.07) is 7.34. The van der Waals surface area contributed by atoms with Crippen molar-refractivity contribution in [2.75, 3.05) is 34.8 Å². The number of pyridine rings is 1. The first-order valence-electron chi connectivity index (χ1n) is 20.8. The van der Waals surface area contributed by atoms with Crippen molar-refractivity contribution in [3.63, 3.8) is 0 Å². The first-order chi connectivity index (χ1) is 28.9. The Morgan fingerprint density at radius 1 is 1.11 bits per heavy atom. The molecule has 2 N–H and O–H groups in total. The van der Waals surface area contributed by atoms with Gasteiger partial charge < -0.3 is 15.0 Å². The number of imide groups is 1. The minimum atomic E-state index is -4.82. The summed E-state index contributed by atoms with van der Waals surface area (Å²) in [5, 5.41) is 20.0. The monoisotopic (exact) mass is 864 g/mol. The molecule has 326 valence electrons. The van der Waals surface area contributed by atoms with Crippen LogP contribution < -0.4 is 20.4 Å². The zero-order chi connectivity index (χ0) is 44.0. The summed E-state index contributed by atoms with van der Waals surface area (Å²) < 4.78 is 49.2. The highest BCUT2D eigenvalue weighted by molar-refractivity contribution is 7.80. The van der Waals surface area contributed by atoms with Gasteiger partial charge in [0, 0.05) is 50.1 Å². The van der Waals surface area contributed by atoms with E-state index in [9.17, 15) is 37.6 Å². The topological polar surface area (TPSA) is 169 Å². The van der Waals surface area contributed by atoms with Gasteiger partial charge in [-0.15, -0.1) is 0 Å². The predicted octanol–water partition coefficient (Wildman–Crippen LogP) is 6.25. The Balaban J connectivity index is 0.861. The molecule has 4 aliphatic rings. The lowest BCUT2D eigenvalue weighted by atomic mass is 9.82. The number of carbonyl (C=O) groups excluding carboxylic acids is 4. The van der Waals surface area contributed by atoms with Crippen LogP contribution in [0.1, 0.15) is 96.7 Å². The molecule has 0 unspecified atom stereocenters. The number of carbonyl (C=O) groups is 4. The summed E-state index contributed by atoms with van der Waals surface area (Å²) >= 11 is 5.74. The van der Waals surface area contributed by atoms with E-state index in [2.05, 4.69) is 39.5 Å². The summed E-state index contributed by atoms with van der Waals surface area (Å²) in [6.45, 7) is 8.74. The average Bonchev–Trinajstić information content (AvgIpc) is 3.62. The molecule has 0 radical (unpaired) electrons. The molecule has 1 aromatic carbocycles. The zero-order valence-corrected chi connectivity index (χ0v) is 35.7. The number of thiocarbonyl (C=S) groups is 1. The Morgan fingerprint density at radius 3 is 2.48 bits per heavy atom. The molecular weight excluding hydrogens is 814 g/mol. The van der Waals surface area contributed by atoms with Crippen molar-refractivity contribution >= 4 is 69.2 Å². The standard InChI is InChI=1S/C42H51F3N10O5S/c1-24-18-29(19-25(2)53(24)23-35(57)48-32-10-6-9-30-36(32)51(5)50-37(30)52-16-15-34(56)49-39(52)59)60-17-7-8-26-11-13-27(14-12-26)55-40(61)54(38(58)41(55,3)4)28-20-31(42(43,44)45)33(21-46)47-22-28/h6,9-10,20,22,24-27,29H,7-8,11-19,23H2,1-5H3,(H,48,57)(H,49,56,59)/t24-,25+,26-,27-,29+. The second-order valence-electron chi connectivity index (χ2n) is 17.2. The number of halogens is 3. The molecule has 3 atom stereocenters. The molecular formula is C42H51F3N10O5S. The van der Waals surface area contributed by atoms with Gasteiger partial charge in [-0.3, -0.25) is 39.1 Å². The quantitative estimate of drug-likeness (QED) is 0.165. The van der Waals surface area contributed by atoms with Crippen LogP contribution in [-0.2, 0) is 32.3 Å². The summed E-state index contributed by atoms with van der Waals surface area (Å²) in [7, 11) is 1.75. The minimum absolute atomic E-state index is 0.0486. The molecule has 0 spiro atoms. The second kappa shape index (κ2) is 17.3. The van der Waals surface area contributed by atoms with Crippen molar-refractivity contribution in [2.24, 2.45) is 13.0 Å². The van der Waals surface area contributed by atoms with Crippen LogP contribution in [0.4, 0.5) is 35.2 Å². The van der Waals surface area contributed by atoms with Crippen molar-refractivity contribution in [3.05, 3.63) is 41.7 Å². The molecule has 7 rings (SSSR count). The fraction of sp³-hybridized carbons (Fsp3) is 0.571. The van der Waals surface area contributed by atoms with Crippen LogP contribution in [0.15, 0.2) is 30.5 Å². The first kappa shape index (κ1) is 43.9. The number of amides is 5. The number of nitrogens with one attached hydrogen (secondary N) is 2. The smallest absolute Gasteiger partial charge is 0.378 e. The molecule has 4 fully saturated rings. The molecule has 3 saturated heterocycles. The highest BCUT2D eigenvalue weighted by Crippen LogP contribution is 2.41. The van der Waals surface area contributed by atoms with Crippen LogP contribution in [0.25, 0.3) is 10.9 Å². The maximum absolute atomic E-state index is 13.7. The number of piperidine rings is 1. The fourth-order valence-corrected chi connectivity index (χ4v) is 10.2. The molecule has 61 heavy (non-hydrogen) atoms. The third-order valence-electron chi connectivity index (χ3n) is 12.7. The van der Waals surface area contributed by atoms with Crippen molar-refractivity contribution in [1.82, 2.24) is 29.9 Å². The Labute approximate surface area is 357 Å². The van der Waals surface area contributed by atoms with Crippen molar-refractivity contribution in [3.8, 4) is 6.07 Å². The number of urea groups is 1. The van der Waals surface area contributed by atoms with E-state index in [0.29, 0.717) is 34.9 Å². The number of aromatic nitrogens is 3. The van der Waals surface area contributed by atoms with Crippen LogP contribution in [0, 0.1) is 17.2 Å². The fourth-order valence-electron chi connectivity index (χ4n) is 9.60. The number of benzene rings is 1. The van der Waals surface area contributed by atoms with Crippen LogP contribution in [0.5, 0.6) is 0 Å². The summed E-state index contributed by atoms with van der Waals surface area (Å²) in [5.74, 6) is -0.0281. The number of hydrogen-bond donors (Lipinski definition) is 2. The van der Waals surface area contributed by atoms with E-state index in [0.717, 1.165) is 68.5 Å². The van der Waals surface area contributed by atoms with Gasteiger partial charge in [-0.2, -0.15) is 23.5 Å². The van der Waals surface area contributed by atoms with Gasteiger partial charge in [-0.05, 0) is 115 Å². The number of anilines is 3. The van der Waals surface area contributed by atoms with Gasteiger partial charge in [-0.25, -0.2) is 9.78 Å². The molecule has 5 amide bonds. The molecule has 3 aromatic rings. The third-order valence-corrected chi connectivity index (χ3v) is 13.0. The molecule has 3 aliphatic heterocycles. The number of ether oxygens (including phenoxy) is 1. The minimum Gasteiger partial charge on any atom is -0.378 e. The number of para-hydroxylation sites is 1. The Morgan fingerprint density at radius 2 is 1.82 bits per heavy atom.